The molecule has 0 unspecified atom stereocenters. The number of hydrogen-bond donors (Lipinski definition) is 0. The highest BCUT2D eigenvalue weighted by Crippen LogP contribution is 2.18. The van der Waals surface area contributed by atoms with Gasteiger partial charge in [-0.1, -0.05) is 60.7 Å². The smallest absolute Gasteiger partial charge is 0.337 e. The molecular weight excluding hydrogens is 456 g/mol. The second-order valence-corrected chi connectivity index (χ2v) is 8.52. The van der Waals surface area contributed by atoms with Crippen molar-refractivity contribution >= 4 is 17.1 Å². The van der Waals surface area contributed by atoms with E-state index in [0.29, 0.717) is 16.8 Å². The van der Waals surface area contributed by atoms with Crippen molar-refractivity contribution in [3.63, 3.8) is 0 Å². The normalized spacial score (nSPS) is 11.1. The number of fused-ring (bicyclic) bond motifs is 1. The van der Waals surface area contributed by atoms with E-state index in [4.69, 9.17) is 4.74 Å². The third-order valence-electron chi connectivity index (χ3n) is 6.14. The second kappa shape index (κ2) is 9.50. The van der Waals surface area contributed by atoms with Crippen LogP contribution in [0.3, 0.4) is 0 Å². The van der Waals surface area contributed by atoms with Crippen LogP contribution in [0.25, 0.3) is 16.9 Å². The number of carbonyl (C=O) groups excluding carboxylic acids is 1. The third-order valence-corrected chi connectivity index (χ3v) is 6.14. The van der Waals surface area contributed by atoms with Crippen molar-refractivity contribution in [3.05, 3.63) is 128 Å². The molecule has 2 aromatic heterocycles. The number of esters is 1. The molecule has 0 aliphatic rings. The number of nitrogens with zero attached hydrogens (tertiary/aromatic N) is 4. The lowest BCUT2D eigenvalue weighted by Gasteiger charge is -2.14. The van der Waals surface area contributed by atoms with Gasteiger partial charge in [-0.25, -0.2) is 19.1 Å². The van der Waals surface area contributed by atoms with Crippen molar-refractivity contribution in [2.24, 2.45) is 0 Å². The van der Waals surface area contributed by atoms with Crippen LogP contribution in [0.2, 0.25) is 0 Å². The van der Waals surface area contributed by atoms with Gasteiger partial charge in [0.15, 0.2) is 11.2 Å². The Kier molecular flexibility index (Phi) is 6.08. The van der Waals surface area contributed by atoms with Crippen molar-refractivity contribution in [2.75, 3.05) is 7.11 Å². The molecule has 0 bridgehead atoms. The summed E-state index contributed by atoms with van der Waals surface area (Å²) in [6.07, 6.45) is 1.55. The molecule has 180 valence electrons. The maximum Gasteiger partial charge on any atom is 0.337 e. The van der Waals surface area contributed by atoms with Crippen LogP contribution in [0, 0.1) is 6.92 Å². The second-order valence-electron chi connectivity index (χ2n) is 8.52. The molecule has 0 N–H and O–H groups in total. The van der Waals surface area contributed by atoms with Crippen molar-refractivity contribution in [3.8, 4) is 5.69 Å². The summed E-state index contributed by atoms with van der Waals surface area (Å²) in [5.41, 5.74) is 3.29. The van der Waals surface area contributed by atoms with Gasteiger partial charge in [-0.3, -0.25) is 9.36 Å². The number of aryl methyl sites for hydroxylation is 1. The fourth-order valence-corrected chi connectivity index (χ4v) is 4.35. The van der Waals surface area contributed by atoms with Crippen LogP contribution in [-0.4, -0.2) is 31.8 Å². The molecule has 8 nitrogen and oxygen atoms in total. The molecular formula is C28H24N4O4. The molecule has 0 atom stereocenters. The average Bonchev–Trinajstić information content (AvgIpc) is 3.31. The van der Waals surface area contributed by atoms with E-state index in [1.807, 2.05) is 67.6 Å². The highest BCUT2D eigenvalue weighted by atomic mass is 16.5. The summed E-state index contributed by atoms with van der Waals surface area (Å²) in [6, 6.07) is 23.9. The third kappa shape index (κ3) is 4.13. The maximum atomic E-state index is 13.7. The number of aromatic nitrogens is 4. The molecule has 0 aliphatic carbocycles. The predicted molar refractivity (Wildman–Crippen MR) is 137 cm³/mol. The van der Waals surface area contributed by atoms with Crippen molar-refractivity contribution in [1.29, 1.82) is 0 Å². The van der Waals surface area contributed by atoms with Crippen LogP contribution in [-0.2, 0) is 17.8 Å². The van der Waals surface area contributed by atoms with Crippen LogP contribution < -0.4 is 11.2 Å². The van der Waals surface area contributed by atoms with Gasteiger partial charge in [0.05, 0.1) is 31.2 Å². The van der Waals surface area contributed by atoms with E-state index in [1.165, 1.54) is 16.2 Å². The highest BCUT2D eigenvalue weighted by Gasteiger charge is 2.20. The van der Waals surface area contributed by atoms with E-state index in [0.717, 1.165) is 16.7 Å². The van der Waals surface area contributed by atoms with Crippen LogP contribution >= 0.6 is 0 Å². The van der Waals surface area contributed by atoms with Crippen LogP contribution in [0.15, 0.2) is 94.8 Å². The van der Waals surface area contributed by atoms with Crippen molar-refractivity contribution in [1.82, 2.24) is 18.7 Å². The number of para-hydroxylation sites is 1. The Morgan fingerprint density at radius 3 is 2.36 bits per heavy atom. The highest BCUT2D eigenvalue weighted by molar-refractivity contribution is 5.89. The lowest BCUT2D eigenvalue weighted by atomic mass is 10.1. The first-order valence-electron chi connectivity index (χ1n) is 11.5. The van der Waals surface area contributed by atoms with Gasteiger partial charge in [-0.15, -0.1) is 0 Å². The molecule has 8 heteroatoms. The topological polar surface area (TPSA) is 88.1 Å². The first-order valence-corrected chi connectivity index (χ1v) is 11.5. The van der Waals surface area contributed by atoms with E-state index < -0.39 is 17.2 Å². The Labute approximate surface area is 206 Å². The van der Waals surface area contributed by atoms with Crippen molar-refractivity contribution < 1.29 is 9.53 Å². The van der Waals surface area contributed by atoms with E-state index in [-0.39, 0.29) is 18.7 Å². The zero-order chi connectivity index (χ0) is 25.2. The number of methoxy groups -OCH3 is 1. The van der Waals surface area contributed by atoms with E-state index in [9.17, 15) is 14.4 Å². The number of carbonyl (C=O) groups is 1. The predicted octanol–water partition coefficient (Wildman–Crippen LogP) is 3.54. The molecule has 0 amide bonds. The molecule has 0 spiro atoms. The number of ether oxygens (including phenoxy) is 1. The van der Waals surface area contributed by atoms with E-state index in [2.05, 4.69) is 4.98 Å². The standard InChI is InChI=1S/C28H24N4O4/c1-19-9-6-7-14-23(19)32-25-24(26(33)31(28(32)35)17-20-10-4-3-5-11-20)30(18-29-25)16-21-12-8-13-22(15-21)27(34)36-2/h3-15,18H,16-17H2,1-2H3. The van der Waals surface area contributed by atoms with Gasteiger partial charge in [0.2, 0.25) is 0 Å². The Morgan fingerprint density at radius 1 is 0.889 bits per heavy atom. The van der Waals surface area contributed by atoms with Crippen molar-refractivity contribution in [2.45, 2.75) is 20.0 Å². The van der Waals surface area contributed by atoms with Gasteiger partial charge in [-0.05, 0) is 41.8 Å². The largest absolute Gasteiger partial charge is 0.465 e. The number of imidazole rings is 1. The molecule has 0 saturated heterocycles. The molecule has 0 fully saturated rings. The first-order chi connectivity index (χ1) is 17.5. The monoisotopic (exact) mass is 480 g/mol. The summed E-state index contributed by atoms with van der Waals surface area (Å²) in [6.45, 7) is 2.33. The first kappa shape index (κ1) is 23.0. The van der Waals surface area contributed by atoms with E-state index >= 15 is 0 Å². The molecule has 2 heterocycles. The Hall–Kier alpha value is -4.72. The minimum Gasteiger partial charge on any atom is -0.465 e. The molecule has 0 radical (unpaired) electrons. The molecule has 0 aliphatic heterocycles. The minimum absolute atomic E-state index is 0.128. The van der Waals surface area contributed by atoms with E-state index in [1.54, 1.807) is 29.1 Å². The molecule has 3 aromatic carbocycles. The van der Waals surface area contributed by atoms with Crippen LogP contribution in [0.1, 0.15) is 27.0 Å². The number of benzene rings is 3. The molecule has 5 aromatic rings. The average molecular weight is 481 g/mol. The fourth-order valence-electron chi connectivity index (χ4n) is 4.35. The Morgan fingerprint density at radius 2 is 1.61 bits per heavy atom. The van der Waals surface area contributed by atoms with Gasteiger partial charge in [-0.2, -0.15) is 0 Å². The van der Waals surface area contributed by atoms with Gasteiger partial charge >= 0.3 is 11.7 Å². The van der Waals surface area contributed by atoms with Crippen LogP contribution in [0.4, 0.5) is 0 Å². The zero-order valence-electron chi connectivity index (χ0n) is 19.9. The zero-order valence-corrected chi connectivity index (χ0v) is 19.9. The van der Waals surface area contributed by atoms with Gasteiger partial charge in [0.1, 0.15) is 0 Å². The summed E-state index contributed by atoms with van der Waals surface area (Å²) >= 11 is 0. The van der Waals surface area contributed by atoms with Gasteiger partial charge < -0.3 is 9.30 Å². The van der Waals surface area contributed by atoms with Gasteiger partial charge in [0, 0.05) is 6.54 Å². The quantitative estimate of drug-likeness (QED) is 0.347. The maximum absolute atomic E-state index is 13.7. The molecule has 0 saturated carbocycles. The Bertz CT molecular complexity index is 1700. The molecule has 5 rings (SSSR count). The summed E-state index contributed by atoms with van der Waals surface area (Å²) in [4.78, 5) is 43.9. The summed E-state index contributed by atoms with van der Waals surface area (Å²) in [5.74, 6) is -0.439. The fraction of sp³-hybridized carbons (Fsp3) is 0.143. The van der Waals surface area contributed by atoms with Crippen LogP contribution in [0.5, 0.6) is 0 Å². The minimum atomic E-state index is -0.455. The number of hydrogen-bond acceptors (Lipinski definition) is 5. The summed E-state index contributed by atoms with van der Waals surface area (Å²) < 4.78 is 9.28. The number of rotatable bonds is 6. The summed E-state index contributed by atoms with van der Waals surface area (Å²) in [7, 11) is 1.33. The summed E-state index contributed by atoms with van der Waals surface area (Å²) in [5, 5.41) is 0. The Balaban J connectivity index is 1.73. The SMILES string of the molecule is COC(=O)c1cccc(Cn2cnc3c2c(=O)n(Cc2ccccc2)c(=O)n3-c2ccccc2C)c1. The van der Waals surface area contributed by atoms with Gasteiger partial charge in [0.25, 0.3) is 5.56 Å². The lowest BCUT2D eigenvalue weighted by molar-refractivity contribution is 0.0600. The molecule has 36 heavy (non-hydrogen) atoms. The lowest BCUT2D eigenvalue weighted by Crippen LogP contribution is -2.40.